The molecule has 6 rings (SSSR count). The number of phenols is 3. The summed E-state index contributed by atoms with van der Waals surface area (Å²) in [5, 5.41) is 67.4. The second-order valence-corrected chi connectivity index (χ2v) is 19.4. The summed E-state index contributed by atoms with van der Waals surface area (Å²) in [7, 11) is 0. The Morgan fingerprint density at radius 2 is 1.58 bits per heavy atom. The number of phenolic OH excluding ortho intramolecular Hbond substituents is 3. The first-order chi connectivity index (χ1) is 34.0. The van der Waals surface area contributed by atoms with Gasteiger partial charge in [-0.1, -0.05) is 59.4 Å². The predicted octanol–water partition coefficient (Wildman–Crippen LogP) is 5.61. The Bertz CT molecular complexity index is 2520. The third-order valence-corrected chi connectivity index (χ3v) is 14.1. The number of hydrazone groups is 1. The summed E-state index contributed by atoms with van der Waals surface area (Å²) in [5.41, 5.74) is -0.538. The van der Waals surface area contributed by atoms with Gasteiger partial charge in [0.2, 0.25) is 0 Å². The Hall–Kier alpha value is -6.57. The van der Waals surface area contributed by atoms with Gasteiger partial charge in [-0.25, -0.2) is 0 Å². The zero-order valence-electron chi connectivity index (χ0n) is 42.5. The molecule has 0 radical (unpaired) electrons. The minimum atomic E-state index is -2.04. The Kier molecular flexibility index (Phi) is 19.0. The van der Waals surface area contributed by atoms with Gasteiger partial charge in [0, 0.05) is 100 Å². The second-order valence-electron chi connectivity index (χ2n) is 19.4. The van der Waals surface area contributed by atoms with Crippen LogP contribution in [0.1, 0.15) is 96.1 Å². The van der Waals surface area contributed by atoms with Crippen LogP contribution in [0.3, 0.4) is 0 Å². The normalized spacial score (nSPS) is 28.2. The lowest BCUT2D eigenvalue weighted by atomic mass is 9.77. The SMILES string of the molecule is C=C(CCC(=O)CC(C=O)C=O)OCCN1CCN(/N=C\c2c3c(O)c4c(O)c(C)c5c(c4c2O)C(=O)[C@@](C)(O/C=C/[C@H](C)[C@@H](C)[C@@H](OC(C)=O)[C@H](C)[C@H](O)[C@H](C)[C@@H](O)[C@@H](C)/C=C/C=C(/C)C(=O)N3)O5)CC1. The van der Waals surface area contributed by atoms with Gasteiger partial charge in [-0.15, -0.1) is 0 Å². The Morgan fingerprint density at radius 1 is 0.917 bits per heavy atom. The van der Waals surface area contributed by atoms with Crippen molar-refractivity contribution in [2.45, 2.75) is 106 Å². The fourth-order valence-corrected chi connectivity index (χ4v) is 9.12. The zero-order chi connectivity index (χ0) is 53.4. The van der Waals surface area contributed by atoms with Crippen LogP contribution >= 0.6 is 0 Å². The molecule has 72 heavy (non-hydrogen) atoms. The number of carbonyl (C=O) groups excluding carboxylic acids is 6. The maximum atomic E-state index is 14.6. The molecule has 19 heteroatoms. The average Bonchev–Trinajstić information content (AvgIpc) is 3.61. The second kappa shape index (κ2) is 24.2. The number of carbonyl (C=O) groups is 6. The quantitative estimate of drug-likeness (QED) is 0.0255. The summed E-state index contributed by atoms with van der Waals surface area (Å²) < 4.78 is 23.7. The summed E-state index contributed by atoms with van der Waals surface area (Å²) in [4.78, 5) is 76.9. The van der Waals surface area contributed by atoms with E-state index in [1.165, 1.54) is 46.2 Å². The molecule has 5 bridgehead atoms. The van der Waals surface area contributed by atoms with E-state index in [-0.39, 0.29) is 82.0 Å². The minimum absolute atomic E-state index is 0.0362. The lowest BCUT2D eigenvalue weighted by Gasteiger charge is -2.37. The fraction of sp³-hybridized carbons (Fsp3) is 0.528. The van der Waals surface area contributed by atoms with E-state index in [0.717, 1.165) is 0 Å². The highest BCUT2D eigenvalue weighted by molar-refractivity contribution is 6.24. The van der Waals surface area contributed by atoms with Gasteiger partial charge in [0.15, 0.2) is 5.75 Å². The highest BCUT2D eigenvalue weighted by atomic mass is 16.7. The molecular formula is C53H70N4O15. The van der Waals surface area contributed by atoms with Crippen molar-refractivity contribution < 1.29 is 73.2 Å². The molecule has 0 unspecified atom stereocenters. The number of ketones is 2. The van der Waals surface area contributed by atoms with Crippen LogP contribution in [0.4, 0.5) is 5.69 Å². The number of aliphatic hydroxyl groups excluding tert-OH is 2. The molecule has 6 N–H and O–H groups in total. The summed E-state index contributed by atoms with van der Waals surface area (Å²) in [6.07, 6.45) is 6.97. The number of allylic oxidation sites excluding steroid dienone is 4. The topological polar surface area (TPSA) is 271 Å². The number of aldehydes is 2. The summed E-state index contributed by atoms with van der Waals surface area (Å²) in [5.74, 6) is -9.47. The van der Waals surface area contributed by atoms with Crippen molar-refractivity contribution in [1.82, 2.24) is 9.91 Å². The van der Waals surface area contributed by atoms with E-state index in [4.69, 9.17) is 18.9 Å². The van der Waals surface area contributed by atoms with Gasteiger partial charge < -0.3 is 59.4 Å². The molecule has 0 aromatic heterocycles. The number of piperazine rings is 1. The van der Waals surface area contributed by atoms with Crippen molar-refractivity contribution in [3.05, 3.63) is 65.2 Å². The number of aromatic hydroxyl groups is 3. The maximum Gasteiger partial charge on any atom is 0.312 e. The molecule has 4 aliphatic rings. The molecule has 1 fully saturated rings. The predicted molar refractivity (Wildman–Crippen MR) is 267 cm³/mol. The first-order valence-corrected chi connectivity index (χ1v) is 24.2. The van der Waals surface area contributed by atoms with Crippen LogP contribution in [0, 0.1) is 42.4 Å². The average molecular weight is 1000 g/mol. The maximum absolute atomic E-state index is 14.6. The molecule has 0 saturated carbocycles. The van der Waals surface area contributed by atoms with E-state index in [1.807, 2.05) is 13.8 Å². The van der Waals surface area contributed by atoms with Gasteiger partial charge in [0.05, 0.1) is 58.6 Å². The standard InChI is InChI=1S/C53H70N4O15/c1-28-16-22-70-53(10)51(67)42-40-41(46(64)35(8)50(42)72-53)48(66)43(55-52(68)30(3)13-11-12-29(2)44(62)33(6)45(63)34(7)49(32(28)5)71-36(9)60)39(47(40)65)25-54-57-19-17-56(18-20-57)21-23-69-31(4)14-15-38(61)24-37(26-58)27-59/h11-13,16,22,25-29,32-34,37,44-45,49,62-66H,4,14-15,17-21,23-24H2,1-3,5-10H3,(H,55,68)/b12-11+,22-16+,30-13-,54-25-/t28-,29-,32+,33+,34+,44-,45+,49+,53-/m0/s1. The smallest absolute Gasteiger partial charge is 0.312 e. The van der Waals surface area contributed by atoms with Gasteiger partial charge in [0.1, 0.15) is 48.3 Å². The number of anilines is 1. The van der Waals surface area contributed by atoms with E-state index >= 15 is 0 Å². The fourth-order valence-electron chi connectivity index (χ4n) is 9.12. The van der Waals surface area contributed by atoms with Crippen LogP contribution in [-0.2, 0) is 38.2 Å². The van der Waals surface area contributed by atoms with Crippen LogP contribution < -0.4 is 10.1 Å². The highest BCUT2D eigenvalue weighted by Gasteiger charge is 2.50. The highest BCUT2D eigenvalue weighted by Crippen LogP contribution is 2.55. The van der Waals surface area contributed by atoms with E-state index in [0.29, 0.717) is 51.1 Å². The van der Waals surface area contributed by atoms with Gasteiger partial charge in [-0.2, -0.15) is 5.10 Å². The van der Waals surface area contributed by atoms with Crippen LogP contribution in [0.15, 0.2) is 53.6 Å². The van der Waals surface area contributed by atoms with Crippen LogP contribution in [-0.4, -0.2) is 141 Å². The number of benzene rings is 2. The summed E-state index contributed by atoms with van der Waals surface area (Å²) in [6, 6.07) is 0. The van der Waals surface area contributed by atoms with Crippen molar-refractivity contribution in [2.75, 3.05) is 44.6 Å². The van der Waals surface area contributed by atoms with Gasteiger partial charge >= 0.3 is 11.8 Å². The number of hydrogen-bond donors (Lipinski definition) is 6. The number of amides is 1. The van der Waals surface area contributed by atoms with Gasteiger partial charge in [-0.3, -0.25) is 29.1 Å². The van der Waals surface area contributed by atoms with Crippen molar-refractivity contribution in [3.8, 4) is 23.0 Å². The summed E-state index contributed by atoms with van der Waals surface area (Å²) >= 11 is 0. The number of rotatable bonds is 14. The zero-order valence-corrected chi connectivity index (χ0v) is 42.5. The molecule has 4 aliphatic heterocycles. The number of fused-ring (bicyclic) bond motifs is 14. The van der Waals surface area contributed by atoms with Crippen LogP contribution in [0.5, 0.6) is 23.0 Å². The third kappa shape index (κ3) is 12.7. The van der Waals surface area contributed by atoms with Gasteiger partial charge in [0.25, 0.3) is 11.7 Å². The Balaban J connectivity index is 1.48. The molecule has 0 aliphatic carbocycles. The number of nitrogens with one attached hydrogen (secondary N) is 1. The third-order valence-electron chi connectivity index (χ3n) is 14.1. The number of esters is 1. The largest absolute Gasteiger partial charge is 0.507 e. The van der Waals surface area contributed by atoms with Crippen LogP contribution in [0.25, 0.3) is 10.8 Å². The number of aliphatic hydroxyl groups is 2. The number of nitrogens with zero attached hydrogens (tertiary/aromatic N) is 3. The van der Waals surface area contributed by atoms with Crippen molar-refractivity contribution >= 4 is 58.7 Å². The molecule has 0 spiro atoms. The molecule has 2 aromatic carbocycles. The van der Waals surface area contributed by atoms with Crippen molar-refractivity contribution in [1.29, 1.82) is 0 Å². The molecule has 19 nitrogen and oxygen atoms in total. The number of hydrogen-bond acceptors (Lipinski definition) is 18. The number of Topliss-reactive ketones (excluding diaryl/α,β-unsaturated/α-hetero) is 2. The molecule has 9 atom stereocenters. The molecule has 1 saturated heterocycles. The van der Waals surface area contributed by atoms with Crippen LogP contribution in [0.2, 0.25) is 0 Å². The Morgan fingerprint density at radius 3 is 2.22 bits per heavy atom. The van der Waals surface area contributed by atoms with E-state index in [9.17, 15) is 54.3 Å². The van der Waals surface area contributed by atoms with Crippen molar-refractivity contribution in [2.24, 2.45) is 40.6 Å². The molecular weight excluding hydrogens is 933 g/mol. The molecule has 4 heterocycles. The van der Waals surface area contributed by atoms with E-state index in [2.05, 4.69) is 21.9 Å². The van der Waals surface area contributed by atoms with Gasteiger partial charge in [-0.05, 0) is 31.8 Å². The minimum Gasteiger partial charge on any atom is -0.507 e. The number of ether oxygens (including phenoxy) is 4. The first-order valence-electron chi connectivity index (χ1n) is 24.2. The van der Waals surface area contributed by atoms with E-state index < -0.39 is 88.6 Å². The summed E-state index contributed by atoms with van der Waals surface area (Å²) in [6.45, 7) is 21.0. The monoisotopic (exact) mass is 1000 g/mol. The molecule has 2 aromatic rings. The molecule has 1 amide bonds. The lowest BCUT2D eigenvalue weighted by molar-refractivity contribution is -0.158. The molecule has 392 valence electrons. The lowest BCUT2D eigenvalue weighted by Crippen LogP contribution is -2.45. The van der Waals surface area contributed by atoms with E-state index in [1.54, 1.807) is 44.0 Å². The first kappa shape index (κ1) is 56.3. The Labute approximate surface area is 419 Å². The van der Waals surface area contributed by atoms with Crippen molar-refractivity contribution in [3.63, 3.8) is 0 Å².